The molecule has 15 heavy (non-hydrogen) atoms. The molecule has 2 N–H and O–H groups in total. The first-order valence-corrected chi connectivity index (χ1v) is 4.33. The number of hydrogen-bond acceptors (Lipinski definition) is 2. The van der Waals surface area contributed by atoms with Crippen molar-refractivity contribution in [1.82, 2.24) is 4.90 Å². The lowest BCUT2D eigenvalue weighted by Crippen LogP contribution is -2.42. The zero-order valence-corrected chi connectivity index (χ0v) is 8.08. The van der Waals surface area contributed by atoms with Gasteiger partial charge in [0, 0.05) is 12.7 Å². The summed E-state index contributed by atoms with van der Waals surface area (Å²) in [7, 11) is 0. The molecule has 1 rings (SSSR count). The summed E-state index contributed by atoms with van der Waals surface area (Å²) >= 11 is 0. The summed E-state index contributed by atoms with van der Waals surface area (Å²) in [4.78, 5) is 11.8. The molecule has 0 bridgehead atoms. The van der Waals surface area contributed by atoms with E-state index >= 15 is 0 Å². The lowest BCUT2D eigenvalue weighted by Gasteiger charge is -2.30. The van der Waals surface area contributed by atoms with Crippen molar-refractivity contribution in [2.75, 3.05) is 6.54 Å². The van der Waals surface area contributed by atoms with Crippen LogP contribution in [0.4, 0.5) is 13.2 Å². The second kappa shape index (κ2) is 3.96. The van der Waals surface area contributed by atoms with Crippen molar-refractivity contribution in [2.45, 2.75) is 19.1 Å². The molecule has 1 atom stereocenters. The quantitative estimate of drug-likeness (QED) is 0.759. The minimum atomic E-state index is -4.32. The van der Waals surface area contributed by atoms with Crippen LogP contribution in [-0.2, 0) is 4.79 Å². The normalized spacial score (nSPS) is 18.7. The van der Waals surface area contributed by atoms with E-state index in [0.717, 1.165) is 18.0 Å². The van der Waals surface area contributed by atoms with E-state index in [1.54, 1.807) is 0 Å². The highest BCUT2D eigenvalue weighted by atomic mass is 19.4. The summed E-state index contributed by atoms with van der Waals surface area (Å²) in [6, 6.07) is -1.63. The number of alkyl halides is 3. The molecule has 1 heterocycles. The summed E-state index contributed by atoms with van der Waals surface area (Å²) in [5.74, 6) is -0.731. The van der Waals surface area contributed by atoms with Crippen molar-refractivity contribution in [3.05, 3.63) is 23.9 Å². The number of carbonyl (C=O) groups excluding carboxylic acids is 1. The van der Waals surface area contributed by atoms with Crippen molar-refractivity contribution in [2.24, 2.45) is 5.73 Å². The third-order valence-electron chi connectivity index (χ3n) is 2.17. The Kier molecular flexibility index (Phi) is 3.06. The van der Waals surface area contributed by atoms with Gasteiger partial charge in [0.1, 0.15) is 6.04 Å². The van der Waals surface area contributed by atoms with Gasteiger partial charge in [-0.25, -0.2) is 0 Å². The average molecular weight is 220 g/mol. The Morgan fingerprint density at radius 2 is 2.20 bits per heavy atom. The molecule has 6 heteroatoms. The molecular formula is C9H11F3N2O. The molecule has 0 radical (unpaired) electrons. The number of rotatable bonds is 2. The van der Waals surface area contributed by atoms with Gasteiger partial charge in [0.25, 0.3) is 0 Å². The molecule has 0 aromatic heterocycles. The second-order valence-electron chi connectivity index (χ2n) is 3.27. The molecule has 0 saturated heterocycles. The molecule has 0 aromatic carbocycles. The highest BCUT2D eigenvalue weighted by Gasteiger charge is 2.39. The first kappa shape index (κ1) is 11.6. The van der Waals surface area contributed by atoms with Crippen molar-refractivity contribution in [3.8, 4) is 0 Å². The number of primary amides is 1. The van der Waals surface area contributed by atoms with Crippen LogP contribution in [0.25, 0.3) is 0 Å². The van der Waals surface area contributed by atoms with E-state index in [2.05, 4.69) is 0 Å². The van der Waals surface area contributed by atoms with Crippen LogP contribution >= 0.6 is 0 Å². The fourth-order valence-corrected chi connectivity index (χ4v) is 1.18. The third kappa shape index (κ3) is 2.74. The fourth-order valence-electron chi connectivity index (χ4n) is 1.18. The number of carbonyl (C=O) groups is 1. The molecular weight excluding hydrogens is 209 g/mol. The van der Waals surface area contributed by atoms with Crippen molar-refractivity contribution >= 4 is 5.91 Å². The Balaban J connectivity index is 2.83. The highest BCUT2D eigenvalue weighted by molar-refractivity contribution is 5.94. The first-order chi connectivity index (χ1) is 6.82. The zero-order chi connectivity index (χ0) is 11.6. The predicted octanol–water partition coefficient (Wildman–Crippen LogP) is 1.18. The highest BCUT2D eigenvalue weighted by Crippen LogP contribution is 2.26. The maximum Gasteiger partial charge on any atom is 0.408 e. The van der Waals surface area contributed by atoms with E-state index in [4.69, 9.17) is 5.73 Å². The average Bonchev–Trinajstić information content (AvgIpc) is 2.15. The van der Waals surface area contributed by atoms with Gasteiger partial charge < -0.3 is 10.6 Å². The Bertz CT molecular complexity index is 320. The molecule has 1 aliphatic heterocycles. The van der Waals surface area contributed by atoms with E-state index in [1.165, 1.54) is 12.2 Å². The Labute approximate surface area is 85.0 Å². The van der Waals surface area contributed by atoms with Gasteiger partial charge in [-0.05, 0) is 6.92 Å². The molecule has 84 valence electrons. The van der Waals surface area contributed by atoms with Gasteiger partial charge in [0.2, 0.25) is 5.91 Å². The van der Waals surface area contributed by atoms with Crippen LogP contribution in [0.2, 0.25) is 0 Å². The SMILES string of the molecule is CC(N1C=C(C(N)=O)C=CC1)C(F)(F)F. The first-order valence-electron chi connectivity index (χ1n) is 4.33. The van der Waals surface area contributed by atoms with Gasteiger partial charge in [-0.3, -0.25) is 4.79 Å². The molecule has 1 amide bonds. The number of amides is 1. The van der Waals surface area contributed by atoms with Crippen molar-refractivity contribution < 1.29 is 18.0 Å². The molecule has 1 unspecified atom stereocenters. The number of nitrogens with two attached hydrogens (primary N) is 1. The Morgan fingerprint density at radius 1 is 1.60 bits per heavy atom. The molecule has 0 spiro atoms. The second-order valence-corrected chi connectivity index (χ2v) is 3.27. The van der Waals surface area contributed by atoms with Gasteiger partial charge in [0.05, 0.1) is 5.57 Å². The smallest absolute Gasteiger partial charge is 0.366 e. The van der Waals surface area contributed by atoms with E-state index in [1.807, 2.05) is 0 Å². The summed E-state index contributed by atoms with van der Waals surface area (Å²) in [6.45, 7) is 1.16. The van der Waals surface area contributed by atoms with Gasteiger partial charge in [-0.1, -0.05) is 12.2 Å². The number of halogens is 3. The maximum absolute atomic E-state index is 12.4. The zero-order valence-electron chi connectivity index (χ0n) is 8.08. The van der Waals surface area contributed by atoms with Gasteiger partial charge in [-0.2, -0.15) is 13.2 Å². The van der Waals surface area contributed by atoms with Crippen LogP contribution in [-0.4, -0.2) is 29.6 Å². The van der Waals surface area contributed by atoms with Gasteiger partial charge >= 0.3 is 6.18 Å². The molecule has 0 aromatic rings. The van der Waals surface area contributed by atoms with E-state index < -0.39 is 18.1 Å². The fraction of sp³-hybridized carbons (Fsp3) is 0.444. The number of hydrogen-bond donors (Lipinski definition) is 1. The lowest BCUT2D eigenvalue weighted by molar-refractivity contribution is -0.171. The largest absolute Gasteiger partial charge is 0.408 e. The maximum atomic E-state index is 12.4. The minimum Gasteiger partial charge on any atom is -0.366 e. The third-order valence-corrected chi connectivity index (χ3v) is 2.17. The molecule has 0 saturated carbocycles. The lowest BCUT2D eigenvalue weighted by atomic mass is 10.1. The Hall–Kier alpha value is -1.46. The van der Waals surface area contributed by atoms with Gasteiger partial charge in [0.15, 0.2) is 0 Å². The van der Waals surface area contributed by atoms with Crippen molar-refractivity contribution in [3.63, 3.8) is 0 Å². The van der Waals surface area contributed by atoms with E-state index in [0.29, 0.717) is 0 Å². The molecule has 0 fully saturated rings. The van der Waals surface area contributed by atoms with Crippen LogP contribution in [0, 0.1) is 0 Å². The summed E-state index contributed by atoms with van der Waals surface area (Å²) in [5.41, 5.74) is 5.05. The van der Waals surface area contributed by atoms with Crippen LogP contribution in [0.1, 0.15) is 6.92 Å². The Morgan fingerprint density at radius 3 is 2.67 bits per heavy atom. The van der Waals surface area contributed by atoms with Crippen LogP contribution in [0.15, 0.2) is 23.9 Å². The van der Waals surface area contributed by atoms with Gasteiger partial charge in [-0.15, -0.1) is 0 Å². The van der Waals surface area contributed by atoms with E-state index in [9.17, 15) is 18.0 Å². The molecule has 0 aliphatic carbocycles. The van der Waals surface area contributed by atoms with Crippen LogP contribution < -0.4 is 5.73 Å². The monoisotopic (exact) mass is 220 g/mol. The topological polar surface area (TPSA) is 46.3 Å². The number of nitrogens with zero attached hydrogens (tertiary/aromatic N) is 1. The molecule has 1 aliphatic rings. The minimum absolute atomic E-state index is 0.0809. The predicted molar refractivity (Wildman–Crippen MR) is 48.6 cm³/mol. The van der Waals surface area contributed by atoms with Crippen molar-refractivity contribution in [1.29, 1.82) is 0 Å². The summed E-state index contributed by atoms with van der Waals surface area (Å²) in [5, 5.41) is 0. The van der Waals surface area contributed by atoms with Crippen LogP contribution in [0.5, 0.6) is 0 Å². The van der Waals surface area contributed by atoms with E-state index in [-0.39, 0.29) is 12.1 Å². The van der Waals surface area contributed by atoms with Crippen LogP contribution in [0.3, 0.4) is 0 Å². The summed E-state index contributed by atoms with van der Waals surface area (Å²) < 4.78 is 37.1. The molecule has 3 nitrogen and oxygen atoms in total. The standard InChI is InChI=1S/C9H11F3N2O/c1-6(9(10,11)12)14-4-2-3-7(5-14)8(13)15/h2-3,5-6H,4H2,1H3,(H2,13,15). The summed E-state index contributed by atoms with van der Waals surface area (Å²) in [6.07, 6.45) is -0.283.